The Morgan fingerprint density at radius 1 is 1.24 bits per heavy atom. The van der Waals surface area contributed by atoms with Crippen molar-refractivity contribution in [2.75, 3.05) is 7.05 Å². The van der Waals surface area contributed by atoms with E-state index in [-0.39, 0.29) is 0 Å². The van der Waals surface area contributed by atoms with Crippen LogP contribution in [-0.4, -0.2) is 18.3 Å². The molecule has 94 valence electrons. The fourth-order valence-electron chi connectivity index (χ4n) is 2.65. The van der Waals surface area contributed by atoms with E-state index in [0.717, 1.165) is 0 Å². The van der Waals surface area contributed by atoms with E-state index in [2.05, 4.69) is 56.5 Å². The summed E-state index contributed by atoms with van der Waals surface area (Å²) in [6, 6.07) is 11.4. The van der Waals surface area contributed by atoms with Gasteiger partial charge in [0, 0.05) is 16.2 Å². The van der Waals surface area contributed by atoms with Gasteiger partial charge in [-0.2, -0.15) is 0 Å². The van der Waals surface area contributed by atoms with Gasteiger partial charge in [0.15, 0.2) is 0 Å². The maximum absolute atomic E-state index is 3.49. The highest BCUT2D eigenvalue weighted by molar-refractivity contribution is 8.00. The first-order valence-electron chi connectivity index (χ1n) is 6.50. The Bertz CT molecular complexity index is 347. The summed E-state index contributed by atoms with van der Waals surface area (Å²) in [6.07, 6.45) is 3.94. The fourth-order valence-corrected chi connectivity index (χ4v) is 4.28. The lowest BCUT2D eigenvalue weighted by atomic mass is 9.75. The monoisotopic (exact) mass is 249 g/mol. The predicted molar refractivity (Wildman–Crippen MR) is 76.6 cm³/mol. The Kier molecular flexibility index (Phi) is 4.16. The van der Waals surface area contributed by atoms with Crippen molar-refractivity contribution < 1.29 is 0 Å². The smallest absolute Gasteiger partial charge is 0.0253 e. The van der Waals surface area contributed by atoms with Crippen molar-refractivity contribution in [1.82, 2.24) is 5.32 Å². The first kappa shape index (κ1) is 13.0. The van der Waals surface area contributed by atoms with Gasteiger partial charge in [-0.25, -0.2) is 0 Å². The van der Waals surface area contributed by atoms with Gasteiger partial charge < -0.3 is 5.32 Å². The second kappa shape index (κ2) is 5.45. The zero-order chi connectivity index (χ0) is 12.3. The third kappa shape index (κ3) is 3.49. The van der Waals surface area contributed by atoms with Crippen molar-refractivity contribution in [2.45, 2.75) is 49.3 Å². The maximum atomic E-state index is 3.49. The molecule has 0 saturated heterocycles. The molecular formula is C15H23NS. The minimum Gasteiger partial charge on any atom is -0.316 e. The SMILES string of the molecule is CNC1CCC(C)(C)CC1Sc1ccccc1. The largest absolute Gasteiger partial charge is 0.316 e. The Hall–Kier alpha value is -0.470. The topological polar surface area (TPSA) is 12.0 Å². The quantitative estimate of drug-likeness (QED) is 0.870. The molecule has 0 bridgehead atoms. The van der Waals surface area contributed by atoms with Crippen LogP contribution in [0.25, 0.3) is 0 Å². The minimum absolute atomic E-state index is 0.500. The average Bonchev–Trinajstić information content (AvgIpc) is 2.30. The normalized spacial score (nSPS) is 27.9. The zero-order valence-corrected chi connectivity index (χ0v) is 11.9. The van der Waals surface area contributed by atoms with E-state index in [1.165, 1.54) is 24.2 Å². The lowest BCUT2D eigenvalue weighted by Crippen LogP contribution is -2.43. The summed E-state index contributed by atoms with van der Waals surface area (Å²) in [5, 5.41) is 4.19. The second-order valence-corrected chi connectivity index (χ2v) is 7.08. The van der Waals surface area contributed by atoms with Gasteiger partial charge in [0.1, 0.15) is 0 Å². The van der Waals surface area contributed by atoms with Crippen LogP contribution < -0.4 is 5.32 Å². The number of thioether (sulfide) groups is 1. The lowest BCUT2D eigenvalue weighted by Gasteiger charge is -2.40. The molecule has 1 saturated carbocycles. The van der Waals surface area contributed by atoms with Crippen molar-refractivity contribution in [2.24, 2.45) is 5.41 Å². The molecule has 2 heteroatoms. The number of benzene rings is 1. The van der Waals surface area contributed by atoms with Gasteiger partial charge in [-0.15, -0.1) is 11.8 Å². The summed E-state index contributed by atoms with van der Waals surface area (Å²) in [5.41, 5.74) is 0.500. The van der Waals surface area contributed by atoms with Crippen LogP contribution in [0.4, 0.5) is 0 Å². The molecule has 17 heavy (non-hydrogen) atoms. The molecule has 2 rings (SSSR count). The number of nitrogens with one attached hydrogen (secondary N) is 1. The van der Waals surface area contributed by atoms with Crippen LogP contribution in [0, 0.1) is 5.41 Å². The van der Waals surface area contributed by atoms with Crippen LogP contribution in [0.1, 0.15) is 33.1 Å². The summed E-state index contributed by atoms with van der Waals surface area (Å²) in [5.74, 6) is 0. The summed E-state index contributed by atoms with van der Waals surface area (Å²) in [4.78, 5) is 1.40. The molecule has 0 heterocycles. The second-order valence-electron chi connectivity index (χ2n) is 5.77. The highest BCUT2D eigenvalue weighted by Crippen LogP contribution is 2.42. The van der Waals surface area contributed by atoms with Crippen LogP contribution in [0.2, 0.25) is 0 Å². The fraction of sp³-hybridized carbons (Fsp3) is 0.600. The lowest BCUT2D eigenvalue weighted by molar-refractivity contribution is 0.218. The molecule has 1 nitrogen and oxygen atoms in total. The van der Waals surface area contributed by atoms with Gasteiger partial charge >= 0.3 is 0 Å². The number of hydrogen-bond donors (Lipinski definition) is 1. The Balaban J connectivity index is 2.06. The Labute approximate surface area is 109 Å². The summed E-state index contributed by atoms with van der Waals surface area (Å²) >= 11 is 2.04. The Morgan fingerprint density at radius 3 is 2.59 bits per heavy atom. The molecule has 0 radical (unpaired) electrons. The predicted octanol–water partition coefficient (Wildman–Crippen LogP) is 3.95. The molecule has 1 N–H and O–H groups in total. The van der Waals surface area contributed by atoms with Gasteiger partial charge in [-0.05, 0) is 43.9 Å². The minimum atomic E-state index is 0.500. The van der Waals surface area contributed by atoms with E-state index in [1.54, 1.807) is 0 Å². The number of rotatable bonds is 3. The highest BCUT2D eigenvalue weighted by atomic mass is 32.2. The van der Waals surface area contributed by atoms with Crippen molar-refractivity contribution in [3.05, 3.63) is 30.3 Å². The van der Waals surface area contributed by atoms with Crippen molar-refractivity contribution in [3.8, 4) is 0 Å². The van der Waals surface area contributed by atoms with Crippen LogP contribution >= 0.6 is 11.8 Å². The maximum Gasteiger partial charge on any atom is 0.0253 e. The number of hydrogen-bond acceptors (Lipinski definition) is 2. The van der Waals surface area contributed by atoms with Gasteiger partial charge in [-0.1, -0.05) is 32.0 Å². The first-order chi connectivity index (χ1) is 8.11. The molecule has 1 aromatic carbocycles. The molecular weight excluding hydrogens is 226 g/mol. The molecule has 2 unspecified atom stereocenters. The standard InChI is InChI=1S/C15H23NS/c1-15(2)10-9-13(16-3)14(11-15)17-12-7-5-4-6-8-12/h4-8,13-14,16H,9-11H2,1-3H3. The molecule has 1 aromatic rings. The average molecular weight is 249 g/mol. The van der Waals surface area contributed by atoms with Gasteiger partial charge in [0.25, 0.3) is 0 Å². The third-order valence-corrected chi connectivity index (χ3v) is 5.08. The van der Waals surface area contributed by atoms with E-state index >= 15 is 0 Å². The van der Waals surface area contributed by atoms with E-state index in [4.69, 9.17) is 0 Å². The van der Waals surface area contributed by atoms with Crippen LogP contribution in [-0.2, 0) is 0 Å². The third-order valence-electron chi connectivity index (χ3n) is 3.74. The van der Waals surface area contributed by atoms with Crippen LogP contribution in [0.15, 0.2) is 35.2 Å². The molecule has 0 spiro atoms. The molecule has 2 atom stereocenters. The molecule has 1 fully saturated rings. The van der Waals surface area contributed by atoms with Gasteiger partial charge in [-0.3, -0.25) is 0 Å². The molecule has 0 aromatic heterocycles. The summed E-state index contributed by atoms with van der Waals surface area (Å²) < 4.78 is 0. The van der Waals surface area contributed by atoms with E-state index in [0.29, 0.717) is 16.7 Å². The van der Waals surface area contributed by atoms with E-state index in [1.807, 2.05) is 11.8 Å². The summed E-state index contributed by atoms with van der Waals surface area (Å²) in [7, 11) is 2.10. The van der Waals surface area contributed by atoms with Crippen molar-refractivity contribution in [1.29, 1.82) is 0 Å². The van der Waals surface area contributed by atoms with E-state index < -0.39 is 0 Å². The van der Waals surface area contributed by atoms with Crippen molar-refractivity contribution in [3.63, 3.8) is 0 Å². The van der Waals surface area contributed by atoms with E-state index in [9.17, 15) is 0 Å². The zero-order valence-electron chi connectivity index (χ0n) is 11.1. The Morgan fingerprint density at radius 2 is 1.94 bits per heavy atom. The van der Waals surface area contributed by atoms with Crippen LogP contribution in [0.5, 0.6) is 0 Å². The van der Waals surface area contributed by atoms with Gasteiger partial charge in [0.2, 0.25) is 0 Å². The molecule has 1 aliphatic carbocycles. The summed E-state index contributed by atoms with van der Waals surface area (Å²) in [6.45, 7) is 4.80. The molecule has 0 amide bonds. The van der Waals surface area contributed by atoms with Crippen LogP contribution in [0.3, 0.4) is 0 Å². The molecule has 1 aliphatic rings. The van der Waals surface area contributed by atoms with Gasteiger partial charge in [0.05, 0.1) is 0 Å². The first-order valence-corrected chi connectivity index (χ1v) is 7.38. The van der Waals surface area contributed by atoms with Crippen molar-refractivity contribution >= 4 is 11.8 Å². The molecule has 0 aliphatic heterocycles. The highest BCUT2D eigenvalue weighted by Gasteiger charge is 2.34.